The predicted octanol–water partition coefficient (Wildman–Crippen LogP) is 2.22. The van der Waals surface area contributed by atoms with E-state index in [0.29, 0.717) is 56.6 Å². The molecule has 0 aromatic heterocycles. The van der Waals surface area contributed by atoms with Gasteiger partial charge in [-0.2, -0.15) is 0 Å². The zero-order valence-electron chi connectivity index (χ0n) is 18.2. The molecule has 11 nitrogen and oxygen atoms in total. The maximum atomic E-state index is 12.6. The van der Waals surface area contributed by atoms with Gasteiger partial charge in [-0.3, -0.25) is 25.1 Å². The van der Waals surface area contributed by atoms with Gasteiger partial charge in [-0.25, -0.2) is 4.79 Å². The number of hydrogen-bond donors (Lipinski definition) is 2. The number of nitro benzene ring substituents is 1. The molecule has 174 valence electrons. The van der Waals surface area contributed by atoms with Gasteiger partial charge < -0.3 is 19.7 Å². The van der Waals surface area contributed by atoms with Crippen molar-refractivity contribution in [1.82, 2.24) is 10.2 Å². The number of imide groups is 1. The highest BCUT2D eigenvalue weighted by Crippen LogP contribution is 2.32. The van der Waals surface area contributed by atoms with Gasteiger partial charge in [0.1, 0.15) is 13.2 Å². The van der Waals surface area contributed by atoms with Crippen molar-refractivity contribution in [3.8, 4) is 11.5 Å². The predicted molar refractivity (Wildman–Crippen MR) is 121 cm³/mol. The van der Waals surface area contributed by atoms with Crippen LogP contribution in [-0.2, 0) is 4.79 Å². The lowest BCUT2D eigenvalue weighted by molar-refractivity contribution is -0.384. The average Bonchev–Trinajstić information content (AvgIpc) is 2.83. The molecule has 0 aliphatic carbocycles. The van der Waals surface area contributed by atoms with Crippen LogP contribution < -0.4 is 25.0 Å². The molecule has 0 spiro atoms. The number of anilines is 2. The lowest BCUT2D eigenvalue weighted by Crippen LogP contribution is -2.55. The summed E-state index contributed by atoms with van der Waals surface area (Å²) in [6, 6.07) is 10.4. The van der Waals surface area contributed by atoms with E-state index in [9.17, 15) is 19.7 Å². The van der Waals surface area contributed by atoms with E-state index in [1.807, 2.05) is 4.90 Å². The van der Waals surface area contributed by atoms with Gasteiger partial charge in [0, 0.05) is 55.8 Å². The first-order chi connectivity index (χ1) is 15.9. The molecule has 2 aliphatic heterocycles. The van der Waals surface area contributed by atoms with E-state index < -0.39 is 22.9 Å². The Morgan fingerprint density at radius 3 is 2.33 bits per heavy atom. The summed E-state index contributed by atoms with van der Waals surface area (Å²) in [7, 11) is 0. The summed E-state index contributed by atoms with van der Waals surface area (Å²) in [6.45, 7) is 5.25. The number of ether oxygens (including phenoxy) is 2. The molecule has 4 rings (SSSR count). The number of nitrogens with one attached hydrogen (secondary N) is 2. The molecule has 2 aromatic carbocycles. The first kappa shape index (κ1) is 22.3. The highest BCUT2D eigenvalue weighted by molar-refractivity contribution is 6.02. The molecule has 33 heavy (non-hydrogen) atoms. The van der Waals surface area contributed by atoms with E-state index in [2.05, 4.69) is 15.5 Å². The summed E-state index contributed by atoms with van der Waals surface area (Å²) in [5.41, 5.74) is 1.45. The lowest BCUT2D eigenvalue weighted by Gasteiger charge is -2.38. The van der Waals surface area contributed by atoms with Gasteiger partial charge >= 0.3 is 6.03 Å². The van der Waals surface area contributed by atoms with E-state index in [1.165, 1.54) is 12.1 Å². The number of rotatable bonds is 5. The van der Waals surface area contributed by atoms with Crippen molar-refractivity contribution in [3.05, 3.63) is 52.6 Å². The second-order valence-corrected chi connectivity index (χ2v) is 7.77. The number of hydrogen-bond acceptors (Lipinski definition) is 8. The first-order valence-electron chi connectivity index (χ1n) is 10.7. The summed E-state index contributed by atoms with van der Waals surface area (Å²) in [4.78, 5) is 39.4. The molecule has 3 amide bonds. The second kappa shape index (κ2) is 9.74. The van der Waals surface area contributed by atoms with Crippen LogP contribution in [0.3, 0.4) is 0 Å². The highest BCUT2D eigenvalue weighted by Gasteiger charge is 2.27. The van der Waals surface area contributed by atoms with Crippen LogP contribution in [0.5, 0.6) is 11.5 Å². The molecule has 2 N–H and O–H groups in total. The summed E-state index contributed by atoms with van der Waals surface area (Å²) < 4.78 is 11.0. The molecule has 0 unspecified atom stereocenters. The summed E-state index contributed by atoms with van der Waals surface area (Å²) in [6.07, 6.45) is 0. The second-order valence-electron chi connectivity index (χ2n) is 7.77. The van der Waals surface area contributed by atoms with Gasteiger partial charge in [-0.15, -0.1) is 0 Å². The summed E-state index contributed by atoms with van der Waals surface area (Å²) >= 11 is 0. The van der Waals surface area contributed by atoms with Crippen LogP contribution in [-0.4, -0.2) is 67.2 Å². The van der Waals surface area contributed by atoms with E-state index in [0.717, 1.165) is 5.69 Å². The number of benzene rings is 2. The molecule has 2 aliphatic rings. The molecular formula is C22H25N5O6. The molecule has 1 fully saturated rings. The average molecular weight is 455 g/mol. The normalized spacial score (nSPS) is 16.6. The van der Waals surface area contributed by atoms with Crippen molar-refractivity contribution in [1.29, 1.82) is 0 Å². The molecule has 1 atom stereocenters. The van der Waals surface area contributed by atoms with Gasteiger partial charge in [-0.05, 0) is 31.2 Å². The van der Waals surface area contributed by atoms with Crippen LogP contribution in [0.15, 0.2) is 42.5 Å². The number of nitro groups is 1. The first-order valence-corrected chi connectivity index (χ1v) is 10.7. The van der Waals surface area contributed by atoms with Crippen molar-refractivity contribution in [3.63, 3.8) is 0 Å². The van der Waals surface area contributed by atoms with Crippen molar-refractivity contribution in [2.45, 2.75) is 13.0 Å². The molecule has 1 saturated heterocycles. The maximum Gasteiger partial charge on any atom is 0.325 e. The highest BCUT2D eigenvalue weighted by atomic mass is 16.6. The Hall–Kier alpha value is -3.86. The SMILES string of the molecule is C[C@H](C(=O)NC(=O)Nc1ccc2c(c1)OCCO2)N1CCN(c2ccc([N+](=O)[O-])cc2)CC1. The van der Waals surface area contributed by atoms with Crippen LogP contribution in [0.1, 0.15) is 6.92 Å². The third-order valence-corrected chi connectivity index (χ3v) is 5.70. The number of nitrogens with zero attached hydrogens (tertiary/aromatic N) is 3. The lowest BCUT2D eigenvalue weighted by atomic mass is 10.2. The molecule has 2 aromatic rings. The number of non-ortho nitro benzene ring substituents is 1. The number of carbonyl (C=O) groups is 2. The minimum absolute atomic E-state index is 0.0530. The number of piperazine rings is 1. The zero-order chi connectivity index (χ0) is 23.4. The molecule has 0 bridgehead atoms. The van der Waals surface area contributed by atoms with Crippen molar-refractivity contribution >= 4 is 29.0 Å². The Morgan fingerprint density at radius 1 is 1.00 bits per heavy atom. The molecular weight excluding hydrogens is 430 g/mol. The van der Waals surface area contributed by atoms with Crippen LogP contribution in [0, 0.1) is 10.1 Å². The third-order valence-electron chi connectivity index (χ3n) is 5.70. The Balaban J connectivity index is 1.26. The van der Waals surface area contributed by atoms with E-state index in [1.54, 1.807) is 37.3 Å². The van der Waals surface area contributed by atoms with Crippen LogP contribution in [0.4, 0.5) is 21.9 Å². The van der Waals surface area contributed by atoms with Gasteiger partial charge in [0.25, 0.3) is 5.69 Å². The topological polar surface area (TPSA) is 126 Å². The van der Waals surface area contributed by atoms with Gasteiger partial charge in [0.2, 0.25) is 5.91 Å². The van der Waals surface area contributed by atoms with Gasteiger partial charge in [-0.1, -0.05) is 0 Å². The van der Waals surface area contributed by atoms with Crippen LogP contribution in [0.25, 0.3) is 0 Å². The zero-order valence-corrected chi connectivity index (χ0v) is 18.2. The van der Waals surface area contributed by atoms with E-state index >= 15 is 0 Å². The monoisotopic (exact) mass is 455 g/mol. The number of urea groups is 1. The summed E-state index contributed by atoms with van der Waals surface area (Å²) in [5.74, 6) is 0.767. The fourth-order valence-electron chi connectivity index (χ4n) is 3.82. The smallest absolute Gasteiger partial charge is 0.325 e. The minimum atomic E-state index is -0.618. The fraction of sp³-hybridized carbons (Fsp3) is 0.364. The third kappa shape index (κ3) is 5.32. The Bertz CT molecular complexity index is 1040. The maximum absolute atomic E-state index is 12.6. The van der Waals surface area contributed by atoms with E-state index in [4.69, 9.17) is 9.47 Å². The molecule has 2 heterocycles. The summed E-state index contributed by atoms with van der Waals surface area (Å²) in [5, 5.41) is 15.8. The molecule has 0 radical (unpaired) electrons. The Labute approximate surface area is 190 Å². The van der Waals surface area contributed by atoms with Crippen molar-refractivity contribution < 1.29 is 24.0 Å². The van der Waals surface area contributed by atoms with Crippen LogP contribution >= 0.6 is 0 Å². The van der Waals surface area contributed by atoms with Gasteiger partial charge in [0.15, 0.2) is 11.5 Å². The van der Waals surface area contributed by atoms with Gasteiger partial charge in [0.05, 0.1) is 11.0 Å². The number of fused-ring (bicyclic) bond motifs is 1. The molecule has 0 saturated carbocycles. The number of amides is 3. The standard InChI is InChI=1S/C22H25N5O6/c1-15(25-8-10-26(11-9-25)17-3-5-18(6-4-17)27(30)31)21(28)24-22(29)23-16-2-7-19-20(14-16)33-13-12-32-19/h2-7,14-15H,8-13H2,1H3,(H2,23,24,28,29)/t15-/m1/s1. The van der Waals surface area contributed by atoms with Crippen LogP contribution in [0.2, 0.25) is 0 Å². The quantitative estimate of drug-likeness (QED) is 0.519. The number of carbonyl (C=O) groups excluding carboxylic acids is 2. The largest absolute Gasteiger partial charge is 0.486 e. The Kier molecular flexibility index (Phi) is 6.59. The van der Waals surface area contributed by atoms with Crippen molar-refractivity contribution in [2.75, 3.05) is 49.6 Å². The van der Waals surface area contributed by atoms with Crippen molar-refractivity contribution in [2.24, 2.45) is 0 Å². The Morgan fingerprint density at radius 2 is 1.67 bits per heavy atom. The fourth-order valence-corrected chi connectivity index (χ4v) is 3.82. The van der Waals surface area contributed by atoms with E-state index in [-0.39, 0.29) is 5.69 Å². The molecule has 11 heteroatoms. The minimum Gasteiger partial charge on any atom is -0.486 e.